The van der Waals surface area contributed by atoms with Crippen molar-refractivity contribution in [2.24, 2.45) is 0 Å². The maximum Gasteiger partial charge on any atom is 0.142 e. The number of aliphatic hydroxyl groups is 1. The number of para-hydroxylation sites is 1. The third-order valence-corrected chi connectivity index (χ3v) is 3.42. The minimum absolute atomic E-state index is 0.671. The molecule has 0 spiro atoms. The van der Waals surface area contributed by atoms with E-state index in [1.165, 1.54) is 0 Å². The number of rotatable bonds is 4. The number of nitrogens with zero attached hydrogens (tertiary/aromatic N) is 3. The number of hydrogen-bond acceptors (Lipinski definition) is 3. The zero-order valence-corrected chi connectivity index (χ0v) is 11.4. The van der Waals surface area contributed by atoms with Gasteiger partial charge in [-0.25, -0.2) is 4.98 Å². The van der Waals surface area contributed by atoms with Crippen LogP contribution in [0.15, 0.2) is 48.9 Å². The SMILES string of the molecule is CCCn1ccnc1C(O)c1cccc2cccnc12. The molecule has 1 aromatic carbocycles. The van der Waals surface area contributed by atoms with E-state index < -0.39 is 6.10 Å². The predicted octanol–water partition coefficient (Wildman–Crippen LogP) is 2.92. The van der Waals surface area contributed by atoms with Crippen molar-refractivity contribution in [1.82, 2.24) is 14.5 Å². The maximum atomic E-state index is 10.7. The van der Waals surface area contributed by atoms with Gasteiger partial charge in [-0.1, -0.05) is 31.2 Å². The summed E-state index contributed by atoms with van der Waals surface area (Å²) in [7, 11) is 0. The number of aliphatic hydroxyl groups excluding tert-OH is 1. The molecule has 2 heterocycles. The first-order valence-corrected chi connectivity index (χ1v) is 6.84. The minimum atomic E-state index is -0.754. The highest BCUT2D eigenvalue weighted by Crippen LogP contribution is 2.26. The molecule has 4 nitrogen and oxygen atoms in total. The molecule has 102 valence electrons. The van der Waals surface area contributed by atoms with Crippen LogP contribution in [0.5, 0.6) is 0 Å². The Morgan fingerprint density at radius 1 is 1.15 bits per heavy atom. The van der Waals surface area contributed by atoms with Crippen molar-refractivity contribution in [2.75, 3.05) is 0 Å². The highest BCUT2D eigenvalue weighted by atomic mass is 16.3. The Balaban J connectivity index is 2.08. The summed E-state index contributed by atoms with van der Waals surface area (Å²) >= 11 is 0. The molecule has 0 saturated carbocycles. The van der Waals surface area contributed by atoms with Gasteiger partial charge in [-0.15, -0.1) is 0 Å². The number of benzene rings is 1. The van der Waals surface area contributed by atoms with Crippen LogP contribution in [0.2, 0.25) is 0 Å². The summed E-state index contributed by atoms with van der Waals surface area (Å²) in [5.74, 6) is 0.671. The number of aryl methyl sites for hydroxylation is 1. The molecule has 20 heavy (non-hydrogen) atoms. The van der Waals surface area contributed by atoms with Crippen molar-refractivity contribution in [3.05, 3.63) is 60.3 Å². The summed E-state index contributed by atoms with van der Waals surface area (Å²) in [6, 6.07) is 9.74. The topological polar surface area (TPSA) is 50.9 Å². The van der Waals surface area contributed by atoms with E-state index in [1.54, 1.807) is 12.4 Å². The molecule has 0 bridgehead atoms. The number of aromatic nitrogens is 3. The zero-order valence-electron chi connectivity index (χ0n) is 11.4. The number of imidazole rings is 1. The normalized spacial score (nSPS) is 12.7. The second-order valence-corrected chi connectivity index (χ2v) is 4.80. The molecule has 1 atom stereocenters. The monoisotopic (exact) mass is 267 g/mol. The van der Waals surface area contributed by atoms with Crippen LogP contribution in [-0.2, 0) is 6.54 Å². The number of fused-ring (bicyclic) bond motifs is 1. The second-order valence-electron chi connectivity index (χ2n) is 4.80. The van der Waals surface area contributed by atoms with Crippen LogP contribution in [0.1, 0.15) is 30.8 Å². The van der Waals surface area contributed by atoms with E-state index in [4.69, 9.17) is 0 Å². The molecule has 1 N–H and O–H groups in total. The van der Waals surface area contributed by atoms with Crippen LogP contribution in [-0.4, -0.2) is 19.6 Å². The molecule has 0 radical (unpaired) electrons. The van der Waals surface area contributed by atoms with Crippen molar-refractivity contribution < 1.29 is 5.11 Å². The van der Waals surface area contributed by atoms with E-state index >= 15 is 0 Å². The first-order chi connectivity index (χ1) is 9.81. The smallest absolute Gasteiger partial charge is 0.142 e. The van der Waals surface area contributed by atoms with Crippen LogP contribution in [0, 0.1) is 0 Å². The molecule has 3 rings (SSSR count). The van der Waals surface area contributed by atoms with Gasteiger partial charge in [-0.2, -0.15) is 0 Å². The van der Waals surface area contributed by atoms with Crippen LogP contribution < -0.4 is 0 Å². The zero-order chi connectivity index (χ0) is 13.9. The summed E-state index contributed by atoms with van der Waals surface area (Å²) in [6.07, 6.45) is 5.63. The molecule has 0 aliphatic carbocycles. The van der Waals surface area contributed by atoms with Gasteiger partial charge in [0.25, 0.3) is 0 Å². The Labute approximate surface area is 117 Å². The quantitative estimate of drug-likeness (QED) is 0.790. The van der Waals surface area contributed by atoms with Gasteiger partial charge in [0, 0.05) is 36.1 Å². The summed E-state index contributed by atoms with van der Waals surface area (Å²) in [4.78, 5) is 8.69. The molecule has 0 amide bonds. The van der Waals surface area contributed by atoms with Gasteiger partial charge in [-0.05, 0) is 12.5 Å². The fourth-order valence-electron chi connectivity index (χ4n) is 2.49. The van der Waals surface area contributed by atoms with Crippen LogP contribution >= 0.6 is 0 Å². The average molecular weight is 267 g/mol. The van der Waals surface area contributed by atoms with Gasteiger partial charge in [0.05, 0.1) is 5.52 Å². The van der Waals surface area contributed by atoms with Gasteiger partial charge in [0.2, 0.25) is 0 Å². The van der Waals surface area contributed by atoms with Gasteiger partial charge in [0.15, 0.2) is 0 Å². The second kappa shape index (κ2) is 5.43. The molecule has 0 aliphatic heterocycles. The predicted molar refractivity (Wildman–Crippen MR) is 78.3 cm³/mol. The molecule has 0 saturated heterocycles. The van der Waals surface area contributed by atoms with Crippen LogP contribution in [0.3, 0.4) is 0 Å². The molecule has 0 aliphatic rings. The van der Waals surface area contributed by atoms with E-state index in [1.807, 2.05) is 41.1 Å². The van der Waals surface area contributed by atoms with Crippen LogP contribution in [0.25, 0.3) is 10.9 Å². The van der Waals surface area contributed by atoms with Crippen molar-refractivity contribution in [3.63, 3.8) is 0 Å². The van der Waals surface area contributed by atoms with Crippen LogP contribution in [0.4, 0.5) is 0 Å². The fourth-order valence-corrected chi connectivity index (χ4v) is 2.49. The Morgan fingerprint density at radius 2 is 2.00 bits per heavy atom. The molecule has 0 fully saturated rings. The fraction of sp³-hybridized carbons (Fsp3) is 0.250. The lowest BCUT2D eigenvalue weighted by Crippen LogP contribution is -2.10. The van der Waals surface area contributed by atoms with Crippen molar-refractivity contribution in [2.45, 2.75) is 26.0 Å². The average Bonchev–Trinajstić information content (AvgIpc) is 2.94. The summed E-state index contributed by atoms with van der Waals surface area (Å²) < 4.78 is 1.99. The molecule has 3 aromatic rings. The number of hydrogen-bond donors (Lipinski definition) is 1. The molecular weight excluding hydrogens is 250 g/mol. The lowest BCUT2D eigenvalue weighted by Gasteiger charge is -2.14. The summed E-state index contributed by atoms with van der Waals surface area (Å²) in [5, 5.41) is 11.7. The summed E-state index contributed by atoms with van der Waals surface area (Å²) in [5.41, 5.74) is 1.63. The molecule has 2 aromatic heterocycles. The molecular formula is C16H17N3O. The summed E-state index contributed by atoms with van der Waals surface area (Å²) in [6.45, 7) is 2.96. The standard InChI is InChI=1S/C16H17N3O/c1-2-10-19-11-9-18-16(19)15(20)13-7-3-5-12-6-4-8-17-14(12)13/h3-9,11,15,20H,2,10H2,1H3. The van der Waals surface area contributed by atoms with Crippen molar-refractivity contribution >= 4 is 10.9 Å². The first kappa shape index (κ1) is 12.8. The first-order valence-electron chi connectivity index (χ1n) is 6.84. The van der Waals surface area contributed by atoms with Gasteiger partial charge >= 0.3 is 0 Å². The Hall–Kier alpha value is -2.20. The Bertz CT molecular complexity index is 715. The largest absolute Gasteiger partial charge is 0.380 e. The van der Waals surface area contributed by atoms with E-state index in [0.29, 0.717) is 5.82 Å². The van der Waals surface area contributed by atoms with E-state index in [2.05, 4.69) is 16.9 Å². The number of pyridine rings is 1. The highest BCUT2D eigenvalue weighted by molar-refractivity contribution is 5.82. The minimum Gasteiger partial charge on any atom is -0.380 e. The van der Waals surface area contributed by atoms with Gasteiger partial charge in [0.1, 0.15) is 11.9 Å². The maximum absolute atomic E-state index is 10.7. The Morgan fingerprint density at radius 3 is 2.85 bits per heavy atom. The van der Waals surface area contributed by atoms with E-state index in [-0.39, 0.29) is 0 Å². The molecule has 4 heteroatoms. The van der Waals surface area contributed by atoms with E-state index in [0.717, 1.165) is 29.4 Å². The van der Waals surface area contributed by atoms with Crippen molar-refractivity contribution in [3.8, 4) is 0 Å². The Kier molecular flexibility index (Phi) is 3.48. The van der Waals surface area contributed by atoms with Gasteiger partial charge in [-0.3, -0.25) is 4.98 Å². The lowest BCUT2D eigenvalue weighted by atomic mass is 10.0. The third-order valence-electron chi connectivity index (χ3n) is 3.42. The highest BCUT2D eigenvalue weighted by Gasteiger charge is 2.18. The van der Waals surface area contributed by atoms with E-state index in [9.17, 15) is 5.11 Å². The molecule has 1 unspecified atom stereocenters. The van der Waals surface area contributed by atoms with Crippen molar-refractivity contribution in [1.29, 1.82) is 0 Å². The third kappa shape index (κ3) is 2.18. The van der Waals surface area contributed by atoms with Gasteiger partial charge < -0.3 is 9.67 Å². The lowest BCUT2D eigenvalue weighted by molar-refractivity contribution is 0.205.